The van der Waals surface area contributed by atoms with E-state index < -0.39 is 5.60 Å². The number of rotatable bonds is 2. The zero-order valence-corrected chi connectivity index (χ0v) is 18.8. The van der Waals surface area contributed by atoms with E-state index in [1.807, 2.05) is 46.0 Å². The lowest BCUT2D eigenvalue weighted by Gasteiger charge is -2.24. The molecule has 0 saturated carbocycles. The Balaban J connectivity index is 1.44. The van der Waals surface area contributed by atoms with Gasteiger partial charge < -0.3 is 20.3 Å². The van der Waals surface area contributed by atoms with Crippen LogP contribution in [0.25, 0.3) is 0 Å². The monoisotopic (exact) mass is 442 g/mol. The molecule has 2 atom stereocenters. The number of carbonyl (C=O) groups excluding carboxylic acids is 3. The van der Waals surface area contributed by atoms with Gasteiger partial charge in [0, 0.05) is 24.8 Å². The van der Waals surface area contributed by atoms with Gasteiger partial charge in [0.15, 0.2) is 0 Å². The molecule has 1 fully saturated rings. The Labute approximate surface area is 185 Å². The Bertz CT molecular complexity index is 1040. The van der Waals surface area contributed by atoms with E-state index in [9.17, 15) is 14.4 Å². The Hall–Kier alpha value is -2.94. The minimum absolute atomic E-state index is 0.0958. The third-order valence-electron chi connectivity index (χ3n) is 5.21. The van der Waals surface area contributed by atoms with Crippen LogP contribution in [0.4, 0.5) is 10.5 Å². The maximum atomic E-state index is 12.9. The minimum atomic E-state index is -0.563. The largest absolute Gasteiger partial charge is 0.444 e. The number of anilines is 1. The molecular weight excluding hydrogens is 416 g/mol. The van der Waals surface area contributed by atoms with E-state index in [1.54, 1.807) is 27.1 Å². The Kier molecular flexibility index (Phi) is 5.47. The molecule has 1 saturated heterocycles. The molecule has 3 amide bonds. The fraction of sp³-hybridized carbons (Fsp3) is 0.409. The topological polar surface area (TPSA) is 92.7 Å². The van der Waals surface area contributed by atoms with Crippen LogP contribution in [0, 0.1) is 5.92 Å². The van der Waals surface area contributed by atoms with E-state index in [-0.39, 0.29) is 29.9 Å². The molecule has 2 aliphatic rings. The number of hydrogen-bond acceptors (Lipinski definition) is 5. The van der Waals surface area contributed by atoms with Crippen molar-refractivity contribution in [3.8, 4) is 0 Å². The highest BCUT2D eigenvalue weighted by atomic mass is 32.2. The van der Waals surface area contributed by atoms with E-state index in [1.165, 1.54) is 11.9 Å². The fourth-order valence-corrected chi connectivity index (χ4v) is 4.57. The Morgan fingerprint density at radius 1 is 1.23 bits per heavy atom. The molecule has 164 valence electrons. The van der Waals surface area contributed by atoms with Gasteiger partial charge in [0.2, 0.25) is 0 Å². The van der Waals surface area contributed by atoms with Gasteiger partial charge in [-0.15, -0.1) is 0 Å². The molecular formula is C22H26N4O4S. The first-order chi connectivity index (χ1) is 14.6. The second-order valence-electron chi connectivity index (χ2n) is 8.92. The highest BCUT2D eigenvalue weighted by molar-refractivity contribution is 7.98. The molecule has 2 aliphatic heterocycles. The van der Waals surface area contributed by atoms with Crippen LogP contribution in [0.2, 0.25) is 0 Å². The molecule has 0 aliphatic carbocycles. The third kappa shape index (κ3) is 4.56. The predicted molar refractivity (Wildman–Crippen MR) is 118 cm³/mol. The van der Waals surface area contributed by atoms with Crippen molar-refractivity contribution in [1.29, 1.82) is 0 Å². The van der Waals surface area contributed by atoms with Gasteiger partial charge in [-0.05, 0) is 69.0 Å². The van der Waals surface area contributed by atoms with Gasteiger partial charge in [-0.1, -0.05) is 6.92 Å². The van der Waals surface area contributed by atoms with Crippen LogP contribution in [0.1, 0.15) is 48.5 Å². The van der Waals surface area contributed by atoms with Crippen molar-refractivity contribution in [2.24, 2.45) is 5.92 Å². The maximum absolute atomic E-state index is 12.9. The van der Waals surface area contributed by atoms with Crippen molar-refractivity contribution in [3.63, 3.8) is 0 Å². The standard InChI is InChI=1S/C22H26N4O4S/c1-13-11-25(21(29)30-22(2,3)4)12-16(13)24-19(27)14-7-8-18-15(10-14)23-20(28)17-6-5-9-26(17)31-18/h5-10,13,16H,11-12H2,1-4H3,(H,23,28)(H,24,27). The van der Waals surface area contributed by atoms with E-state index in [4.69, 9.17) is 4.74 Å². The van der Waals surface area contributed by atoms with Gasteiger partial charge in [-0.2, -0.15) is 0 Å². The number of nitrogens with one attached hydrogen (secondary N) is 2. The van der Waals surface area contributed by atoms with Crippen LogP contribution in [0.5, 0.6) is 0 Å². The summed E-state index contributed by atoms with van der Waals surface area (Å²) in [6.07, 6.45) is 1.46. The Morgan fingerprint density at radius 2 is 2.00 bits per heavy atom. The van der Waals surface area contributed by atoms with Gasteiger partial charge in [-0.3, -0.25) is 13.6 Å². The number of likely N-dealkylation sites (tertiary alicyclic amines) is 1. The number of ether oxygens (including phenoxy) is 1. The lowest BCUT2D eigenvalue weighted by molar-refractivity contribution is 0.0285. The summed E-state index contributed by atoms with van der Waals surface area (Å²) in [6.45, 7) is 8.41. The van der Waals surface area contributed by atoms with Gasteiger partial charge in [-0.25, -0.2) is 4.79 Å². The number of benzene rings is 1. The van der Waals surface area contributed by atoms with Gasteiger partial charge in [0.1, 0.15) is 11.3 Å². The van der Waals surface area contributed by atoms with Gasteiger partial charge in [0.05, 0.1) is 16.6 Å². The zero-order valence-electron chi connectivity index (χ0n) is 18.0. The predicted octanol–water partition coefficient (Wildman–Crippen LogP) is 3.59. The zero-order chi connectivity index (χ0) is 22.3. The average molecular weight is 443 g/mol. The number of aromatic nitrogens is 1. The number of nitrogens with zero attached hydrogens (tertiary/aromatic N) is 2. The molecule has 2 unspecified atom stereocenters. The van der Waals surface area contributed by atoms with Gasteiger partial charge in [0.25, 0.3) is 11.8 Å². The molecule has 0 bridgehead atoms. The van der Waals surface area contributed by atoms with Crippen molar-refractivity contribution < 1.29 is 19.1 Å². The number of carbonyl (C=O) groups is 3. The summed E-state index contributed by atoms with van der Waals surface area (Å²) >= 11 is 1.42. The van der Waals surface area contributed by atoms with Crippen molar-refractivity contribution in [1.82, 2.24) is 14.2 Å². The average Bonchev–Trinajstić information content (AvgIpc) is 3.25. The molecule has 31 heavy (non-hydrogen) atoms. The smallest absolute Gasteiger partial charge is 0.410 e. The second-order valence-corrected chi connectivity index (χ2v) is 9.93. The highest BCUT2D eigenvalue weighted by Crippen LogP contribution is 2.34. The molecule has 1 aromatic carbocycles. The van der Waals surface area contributed by atoms with Crippen LogP contribution in [-0.2, 0) is 4.74 Å². The molecule has 0 spiro atoms. The maximum Gasteiger partial charge on any atom is 0.410 e. The van der Waals surface area contributed by atoms with Crippen LogP contribution >= 0.6 is 11.9 Å². The van der Waals surface area contributed by atoms with E-state index in [2.05, 4.69) is 10.6 Å². The summed E-state index contributed by atoms with van der Waals surface area (Å²) in [6, 6.07) is 8.65. The first-order valence-corrected chi connectivity index (χ1v) is 11.0. The van der Waals surface area contributed by atoms with Gasteiger partial charge >= 0.3 is 6.09 Å². The van der Waals surface area contributed by atoms with Crippen molar-refractivity contribution in [2.45, 2.75) is 44.2 Å². The summed E-state index contributed by atoms with van der Waals surface area (Å²) in [4.78, 5) is 40.2. The number of hydrogen-bond donors (Lipinski definition) is 2. The van der Waals surface area contributed by atoms with Crippen LogP contribution < -0.4 is 10.6 Å². The van der Waals surface area contributed by atoms with Crippen molar-refractivity contribution >= 4 is 35.5 Å². The molecule has 1 aromatic heterocycles. The van der Waals surface area contributed by atoms with E-state index in [0.717, 1.165) is 4.90 Å². The number of fused-ring (bicyclic) bond motifs is 2. The summed E-state index contributed by atoms with van der Waals surface area (Å²) < 4.78 is 7.24. The SMILES string of the molecule is CC1CN(C(=O)OC(C)(C)C)CC1NC(=O)c1ccc2c(c1)NC(=O)c1cccn1S2. The molecule has 4 rings (SSSR count). The molecule has 2 aromatic rings. The molecule has 0 radical (unpaired) electrons. The first-order valence-electron chi connectivity index (χ1n) is 10.2. The van der Waals surface area contributed by atoms with Crippen molar-refractivity contribution in [3.05, 3.63) is 47.8 Å². The summed E-state index contributed by atoms with van der Waals surface area (Å²) in [5.74, 6) is -0.363. The fourth-order valence-electron chi connectivity index (χ4n) is 3.64. The quantitative estimate of drug-likeness (QED) is 0.741. The third-order valence-corrected chi connectivity index (χ3v) is 6.28. The van der Waals surface area contributed by atoms with E-state index >= 15 is 0 Å². The van der Waals surface area contributed by atoms with Crippen LogP contribution in [0.15, 0.2) is 41.4 Å². The van der Waals surface area contributed by atoms with Crippen molar-refractivity contribution in [2.75, 3.05) is 18.4 Å². The van der Waals surface area contributed by atoms with Crippen LogP contribution in [0.3, 0.4) is 0 Å². The first kappa shape index (κ1) is 21.3. The van der Waals surface area contributed by atoms with Crippen LogP contribution in [-0.4, -0.2) is 51.5 Å². The normalized spacial score (nSPS) is 20.4. The lowest BCUT2D eigenvalue weighted by Crippen LogP contribution is -2.41. The minimum Gasteiger partial charge on any atom is -0.444 e. The molecule has 2 N–H and O–H groups in total. The summed E-state index contributed by atoms with van der Waals surface area (Å²) in [5, 5.41) is 5.90. The second kappa shape index (κ2) is 7.96. The van der Waals surface area contributed by atoms with E-state index in [0.29, 0.717) is 30.0 Å². The molecule has 8 nitrogen and oxygen atoms in total. The lowest BCUT2D eigenvalue weighted by atomic mass is 10.1. The molecule has 3 heterocycles. The highest BCUT2D eigenvalue weighted by Gasteiger charge is 2.35. The molecule has 9 heteroatoms. The summed E-state index contributed by atoms with van der Waals surface area (Å²) in [7, 11) is 0. The summed E-state index contributed by atoms with van der Waals surface area (Å²) in [5.41, 5.74) is 1.04. The number of amides is 3. The Morgan fingerprint density at radius 3 is 2.74 bits per heavy atom.